The van der Waals surface area contributed by atoms with Crippen LogP contribution in [0.3, 0.4) is 0 Å². The van der Waals surface area contributed by atoms with E-state index < -0.39 is 22.5 Å². The van der Waals surface area contributed by atoms with Gasteiger partial charge in [0.2, 0.25) is 0 Å². The molecule has 0 fully saturated rings. The van der Waals surface area contributed by atoms with Crippen molar-refractivity contribution in [1.82, 2.24) is 9.88 Å². The number of nitrogens with one attached hydrogen (secondary N) is 1. The fourth-order valence-corrected chi connectivity index (χ4v) is 1.88. The van der Waals surface area contributed by atoms with E-state index in [0.29, 0.717) is 0 Å². The Kier molecular flexibility index (Phi) is 6.00. The Morgan fingerprint density at radius 2 is 2.23 bits per heavy atom. The topological polar surface area (TPSA) is 121 Å². The molecule has 0 aliphatic heterocycles. The summed E-state index contributed by atoms with van der Waals surface area (Å²) in [6.07, 6.45) is 1.55. The van der Waals surface area contributed by atoms with E-state index >= 15 is 0 Å². The van der Waals surface area contributed by atoms with Crippen LogP contribution in [0.4, 0.5) is 20.7 Å². The lowest BCUT2D eigenvalue weighted by molar-refractivity contribution is -0.385. The maximum atomic E-state index is 13.9. The Morgan fingerprint density at radius 1 is 1.46 bits per heavy atom. The van der Waals surface area contributed by atoms with Crippen molar-refractivity contribution in [1.29, 1.82) is 5.26 Å². The van der Waals surface area contributed by atoms with Crippen molar-refractivity contribution in [2.75, 3.05) is 18.9 Å². The zero-order chi connectivity index (χ0) is 19.1. The Labute approximate surface area is 147 Å². The molecule has 1 heterocycles. The maximum absolute atomic E-state index is 13.9. The van der Waals surface area contributed by atoms with E-state index in [-0.39, 0.29) is 30.3 Å². The number of non-ortho nitro benzene ring substituents is 1. The fraction of sp³-hybridized carbons (Fsp3) is 0.188. The molecule has 0 atom stereocenters. The number of ether oxygens (including phenoxy) is 1. The number of nitriles is 1. The molecular formula is C16H14FN5O4. The third-order valence-corrected chi connectivity index (χ3v) is 3.23. The lowest BCUT2D eigenvalue weighted by Gasteiger charge is -2.16. The van der Waals surface area contributed by atoms with Crippen molar-refractivity contribution in [2.45, 2.75) is 6.42 Å². The van der Waals surface area contributed by atoms with Crippen molar-refractivity contribution >= 4 is 17.5 Å². The van der Waals surface area contributed by atoms with E-state index in [2.05, 4.69) is 10.3 Å². The summed E-state index contributed by atoms with van der Waals surface area (Å²) in [5, 5.41) is 21.7. The smallest absolute Gasteiger partial charge is 0.322 e. The average Bonchev–Trinajstić information content (AvgIpc) is 2.61. The number of nitro groups is 1. The number of hydrogen-bond donors (Lipinski definition) is 1. The first kappa shape index (κ1) is 18.6. The van der Waals surface area contributed by atoms with Gasteiger partial charge in [0.15, 0.2) is 11.6 Å². The van der Waals surface area contributed by atoms with Gasteiger partial charge in [-0.2, -0.15) is 5.26 Å². The predicted octanol–water partition coefficient (Wildman–Crippen LogP) is 3.30. The maximum Gasteiger partial charge on any atom is 0.322 e. The molecule has 0 bridgehead atoms. The number of nitro benzene ring substituents is 1. The first-order valence-corrected chi connectivity index (χ1v) is 7.37. The van der Waals surface area contributed by atoms with Crippen LogP contribution in [-0.2, 0) is 0 Å². The molecule has 2 amide bonds. The van der Waals surface area contributed by atoms with E-state index in [1.165, 1.54) is 30.3 Å². The molecule has 1 aromatic carbocycles. The van der Waals surface area contributed by atoms with Crippen LogP contribution in [0, 0.1) is 27.3 Å². The summed E-state index contributed by atoms with van der Waals surface area (Å²) >= 11 is 0. The molecule has 0 saturated heterocycles. The molecule has 2 rings (SSSR count). The zero-order valence-corrected chi connectivity index (χ0v) is 13.7. The largest absolute Gasteiger partial charge is 0.454 e. The molecule has 0 saturated carbocycles. The number of carbonyl (C=O) groups is 1. The lowest BCUT2D eigenvalue weighted by atomic mass is 10.3. The molecule has 0 aliphatic rings. The Morgan fingerprint density at radius 3 is 2.88 bits per heavy atom. The highest BCUT2D eigenvalue weighted by Gasteiger charge is 2.13. The number of amides is 2. The van der Waals surface area contributed by atoms with Crippen LogP contribution in [0.25, 0.3) is 0 Å². The summed E-state index contributed by atoms with van der Waals surface area (Å²) in [6, 6.07) is 7.29. The van der Waals surface area contributed by atoms with Crippen molar-refractivity contribution in [3.8, 4) is 17.6 Å². The van der Waals surface area contributed by atoms with Crippen LogP contribution in [0.1, 0.15) is 6.42 Å². The van der Waals surface area contributed by atoms with Crippen molar-refractivity contribution in [3.05, 3.63) is 52.5 Å². The second kappa shape index (κ2) is 8.39. The lowest BCUT2D eigenvalue weighted by Crippen LogP contribution is -2.32. The van der Waals surface area contributed by atoms with E-state index in [4.69, 9.17) is 10.00 Å². The van der Waals surface area contributed by atoms with Crippen LogP contribution in [0.5, 0.6) is 11.5 Å². The molecule has 26 heavy (non-hydrogen) atoms. The molecule has 2 aromatic rings. The van der Waals surface area contributed by atoms with Crippen molar-refractivity contribution < 1.29 is 18.8 Å². The number of aromatic nitrogens is 1. The molecule has 0 aliphatic carbocycles. The van der Waals surface area contributed by atoms with Gasteiger partial charge in [0, 0.05) is 31.9 Å². The second-order valence-electron chi connectivity index (χ2n) is 5.11. The zero-order valence-electron chi connectivity index (χ0n) is 13.7. The van der Waals surface area contributed by atoms with Crippen LogP contribution >= 0.6 is 0 Å². The van der Waals surface area contributed by atoms with E-state index in [0.717, 1.165) is 18.2 Å². The van der Waals surface area contributed by atoms with Gasteiger partial charge in [0.05, 0.1) is 23.5 Å². The van der Waals surface area contributed by atoms with Crippen LogP contribution in [-0.4, -0.2) is 34.4 Å². The number of carbonyl (C=O) groups excluding carboxylic acids is 1. The summed E-state index contributed by atoms with van der Waals surface area (Å²) in [4.78, 5) is 27.1. The number of pyridine rings is 1. The predicted molar refractivity (Wildman–Crippen MR) is 89.2 cm³/mol. The number of halogens is 1. The van der Waals surface area contributed by atoms with Crippen molar-refractivity contribution in [3.63, 3.8) is 0 Å². The highest BCUT2D eigenvalue weighted by Crippen LogP contribution is 2.28. The number of nitrogens with zero attached hydrogens (tertiary/aromatic N) is 4. The Bertz CT molecular complexity index is 868. The van der Waals surface area contributed by atoms with Crippen LogP contribution in [0.15, 0.2) is 36.5 Å². The Balaban J connectivity index is 2.09. The molecular weight excluding hydrogens is 345 g/mol. The highest BCUT2D eigenvalue weighted by atomic mass is 19.1. The van der Waals surface area contributed by atoms with Gasteiger partial charge in [0.1, 0.15) is 11.6 Å². The molecule has 0 unspecified atom stereocenters. The fourth-order valence-electron chi connectivity index (χ4n) is 1.88. The molecule has 0 spiro atoms. The van der Waals surface area contributed by atoms with Crippen molar-refractivity contribution in [2.24, 2.45) is 0 Å². The summed E-state index contributed by atoms with van der Waals surface area (Å²) in [6.45, 7) is 0.256. The summed E-state index contributed by atoms with van der Waals surface area (Å²) in [7, 11) is 1.53. The minimum Gasteiger partial charge on any atom is -0.454 e. The molecule has 9 nitrogen and oxygen atoms in total. The van der Waals surface area contributed by atoms with Gasteiger partial charge in [-0.15, -0.1) is 0 Å². The number of rotatable bonds is 6. The van der Waals surface area contributed by atoms with Crippen LogP contribution < -0.4 is 10.1 Å². The minimum absolute atomic E-state index is 0.165. The number of benzene rings is 1. The third-order valence-electron chi connectivity index (χ3n) is 3.23. The van der Waals surface area contributed by atoms with Gasteiger partial charge < -0.3 is 9.64 Å². The molecule has 1 aromatic heterocycles. The monoisotopic (exact) mass is 359 g/mol. The van der Waals surface area contributed by atoms with Gasteiger partial charge in [-0.1, -0.05) is 0 Å². The second-order valence-corrected chi connectivity index (χ2v) is 5.11. The van der Waals surface area contributed by atoms with Crippen LogP contribution in [0.2, 0.25) is 0 Å². The Hall–Kier alpha value is -3.74. The SMILES string of the molecule is CN(CCC#N)C(=O)Nc1cc(Oc2ccc([N+](=O)[O-])cc2F)ccn1. The van der Waals surface area contributed by atoms with Gasteiger partial charge in [-0.3, -0.25) is 15.4 Å². The van der Waals surface area contributed by atoms with Gasteiger partial charge in [-0.05, 0) is 12.1 Å². The summed E-state index contributed by atoms with van der Waals surface area (Å²) < 4.78 is 19.2. The van der Waals surface area contributed by atoms with E-state index in [1.54, 1.807) is 0 Å². The standard InChI is InChI=1S/C16H14FN5O4/c1-21(8-2-6-18)16(23)20-15-10-12(5-7-19-15)26-14-4-3-11(22(24)25)9-13(14)17/h3-5,7,9-10H,2,8H2,1H3,(H,19,20,23). The van der Waals surface area contributed by atoms with Gasteiger partial charge in [-0.25, -0.2) is 14.2 Å². The normalized spacial score (nSPS) is 9.88. The molecule has 1 N–H and O–H groups in total. The third kappa shape index (κ3) is 4.88. The number of urea groups is 1. The first-order chi connectivity index (χ1) is 12.4. The number of anilines is 1. The first-order valence-electron chi connectivity index (χ1n) is 7.37. The van der Waals surface area contributed by atoms with E-state index in [1.807, 2.05) is 6.07 Å². The summed E-state index contributed by atoms with van der Waals surface area (Å²) in [5.74, 6) is -0.746. The average molecular weight is 359 g/mol. The van der Waals surface area contributed by atoms with Gasteiger partial charge >= 0.3 is 6.03 Å². The highest BCUT2D eigenvalue weighted by molar-refractivity contribution is 5.88. The van der Waals surface area contributed by atoms with Gasteiger partial charge in [0.25, 0.3) is 5.69 Å². The number of hydrogen-bond acceptors (Lipinski definition) is 6. The quantitative estimate of drug-likeness (QED) is 0.624. The summed E-state index contributed by atoms with van der Waals surface area (Å²) in [5.41, 5.74) is -0.391. The minimum atomic E-state index is -0.891. The van der Waals surface area contributed by atoms with E-state index in [9.17, 15) is 19.3 Å². The molecule has 10 heteroatoms. The molecule has 134 valence electrons. The molecule has 0 radical (unpaired) electrons.